The lowest BCUT2D eigenvalue weighted by molar-refractivity contribution is 0.0102. The summed E-state index contributed by atoms with van der Waals surface area (Å²) in [5.41, 5.74) is 3.62. The Hall–Kier alpha value is -1.03. The van der Waals surface area contributed by atoms with Crippen LogP contribution in [0.15, 0.2) is 46.9 Å². The van der Waals surface area contributed by atoms with Gasteiger partial charge < -0.3 is 9.47 Å². The van der Waals surface area contributed by atoms with Crippen LogP contribution in [-0.2, 0) is 17.0 Å². The van der Waals surface area contributed by atoms with Crippen LogP contribution in [0.5, 0.6) is 5.75 Å². The minimum Gasteiger partial charge on any atom is -0.491 e. The molecule has 0 saturated carbocycles. The van der Waals surface area contributed by atoms with Crippen molar-refractivity contribution in [3.63, 3.8) is 0 Å². The van der Waals surface area contributed by atoms with E-state index in [4.69, 9.17) is 21.1 Å². The number of benzene rings is 2. The Bertz CT molecular complexity index is 630. The van der Waals surface area contributed by atoms with Crippen molar-refractivity contribution in [1.29, 1.82) is 0 Å². The van der Waals surface area contributed by atoms with Crippen LogP contribution in [-0.4, -0.2) is 13.2 Å². The summed E-state index contributed by atoms with van der Waals surface area (Å²) in [5, 5.41) is 0. The predicted octanol–water partition coefficient (Wildman–Crippen LogP) is 4.88. The van der Waals surface area contributed by atoms with Crippen LogP contribution in [0, 0.1) is 0 Å². The molecule has 0 saturated heterocycles. The number of halogens is 2. The maximum atomic E-state index is 5.91. The average molecular weight is 368 g/mol. The lowest BCUT2D eigenvalue weighted by atomic mass is 9.98. The first kappa shape index (κ1) is 14.9. The molecule has 0 N–H and O–H groups in total. The molecule has 0 bridgehead atoms. The van der Waals surface area contributed by atoms with Crippen LogP contribution in [0.1, 0.15) is 22.8 Å². The molecule has 4 heteroatoms. The SMILES string of the molecule is ClCc1cc(OCC2OCCc3ccccc32)ccc1Br. The highest BCUT2D eigenvalue weighted by atomic mass is 79.9. The maximum absolute atomic E-state index is 5.91. The van der Waals surface area contributed by atoms with Gasteiger partial charge in [-0.15, -0.1) is 11.6 Å². The number of ether oxygens (including phenoxy) is 2. The molecular formula is C17H16BrClO2. The second kappa shape index (κ2) is 6.82. The second-order valence-electron chi connectivity index (χ2n) is 5.01. The van der Waals surface area contributed by atoms with Crippen LogP contribution in [0.2, 0.25) is 0 Å². The first-order valence-corrected chi connectivity index (χ1v) is 8.27. The third kappa shape index (κ3) is 3.42. The van der Waals surface area contributed by atoms with Gasteiger partial charge in [0.05, 0.1) is 6.61 Å². The zero-order valence-electron chi connectivity index (χ0n) is 11.5. The zero-order chi connectivity index (χ0) is 14.7. The van der Waals surface area contributed by atoms with Crippen molar-refractivity contribution in [2.45, 2.75) is 18.4 Å². The summed E-state index contributed by atoms with van der Waals surface area (Å²) < 4.78 is 12.7. The van der Waals surface area contributed by atoms with E-state index in [0.29, 0.717) is 12.5 Å². The molecule has 0 fully saturated rings. The molecular weight excluding hydrogens is 352 g/mol. The Morgan fingerprint density at radius 1 is 1.24 bits per heavy atom. The molecule has 3 rings (SSSR count). The van der Waals surface area contributed by atoms with Gasteiger partial charge in [0, 0.05) is 10.4 Å². The van der Waals surface area contributed by atoms with Gasteiger partial charge in [0.2, 0.25) is 0 Å². The molecule has 1 unspecified atom stereocenters. The highest BCUT2D eigenvalue weighted by Gasteiger charge is 2.21. The number of fused-ring (bicyclic) bond motifs is 1. The zero-order valence-corrected chi connectivity index (χ0v) is 13.9. The topological polar surface area (TPSA) is 18.5 Å². The molecule has 1 atom stereocenters. The van der Waals surface area contributed by atoms with Gasteiger partial charge >= 0.3 is 0 Å². The van der Waals surface area contributed by atoms with E-state index in [1.165, 1.54) is 11.1 Å². The Morgan fingerprint density at radius 2 is 2.10 bits per heavy atom. The Kier molecular flexibility index (Phi) is 4.84. The molecule has 0 aromatic heterocycles. The van der Waals surface area contributed by atoms with Gasteiger partial charge in [-0.2, -0.15) is 0 Å². The van der Waals surface area contributed by atoms with E-state index < -0.39 is 0 Å². The molecule has 21 heavy (non-hydrogen) atoms. The summed E-state index contributed by atoms with van der Waals surface area (Å²) in [4.78, 5) is 0. The van der Waals surface area contributed by atoms with Gasteiger partial charge in [-0.3, -0.25) is 0 Å². The third-order valence-electron chi connectivity index (χ3n) is 3.65. The number of alkyl halides is 1. The fourth-order valence-corrected chi connectivity index (χ4v) is 3.30. The van der Waals surface area contributed by atoms with Crippen molar-refractivity contribution in [2.75, 3.05) is 13.2 Å². The summed E-state index contributed by atoms with van der Waals surface area (Å²) in [6.45, 7) is 1.26. The van der Waals surface area contributed by atoms with Crippen molar-refractivity contribution < 1.29 is 9.47 Å². The molecule has 2 nitrogen and oxygen atoms in total. The van der Waals surface area contributed by atoms with Gasteiger partial charge in [-0.25, -0.2) is 0 Å². The van der Waals surface area contributed by atoms with E-state index in [9.17, 15) is 0 Å². The van der Waals surface area contributed by atoms with E-state index in [1.54, 1.807) is 0 Å². The van der Waals surface area contributed by atoms with Gasteiger partial charge in [-0.05, 0) is 41.3 Å². The van der Waals surface area contributed by atoms with Crippen molar-refractivity contribution in [3.8, 4) is 5.75 Å². The lowest BCUT2D eigenvalue weighted by Gasteiger charge is -2.26. The molecule has 0 spiro atoms. The molecule has 2 aromatic carbocycles. The standard InChI is InChI=1S/C17H16BrClO2/c18-16-6-5-14(9-13(16)10-19)21-11-17-15-4-2-1-3-12(15)7-8-20-17/h1-6,9,17H,7-8,10-11H2. The first-order chi connectivity index (χ1) is 10.3. The summed E-state index contributed by atoms with van der Waals surface area (Å²) in [6, 6.07) is 14.3. The predicted molar refractivity (Wildman–Crippen MR) is 88.0 cm³/mol. The molecule has 110 valence electrons. The molecule has 2 aromatic rings. The summed E-state index contributed by atoms with van der Waals surface area (Å²) in [7, 11) is 0. The fourth-order valence-electron chi connectivity index (χ4n) is 2.53. The molecule has 0 aliphatic carbocycles. The minimum absolute atomic E-state index is 0.00181. The van der Waals surface area contributed by atoms with Gasteiger partial charge in [0.1, 0.15) is 18.5 Å². The smallest absolute Gasteiger partial charge is 0.119 e. The lowest BCUT2D eigenvalue weighted by Crippen LogP contribution is -2.21. The van der Waals surface area contributed by atoms with E-state index >= 15 is 0 Å². The van der Waals surface area contributed by atoms with E-state index in [2.05, 4.69) is 34.1 Å². The van der Waals surface area contributed by atoms with Crippen LogP contribution >= 0.6 is 27.5 Å². The Labute approximate surface area is 138 Å². The van der Waals surface area contributed by atoms with E-state index in [-0.39, 0.29) is 6.10 Å². The summed E-state index contributed by atoms with van der Waals surface area (Å²) in [5.74, 6) is 1.28. The molecule has 0 amide bonds. The normalized spacial score (nSPS) is 17.3. The molecule has 0 radical (unpaired) electrons. The van der Waals surface area contributed by atoms with Gasteiger partial charge in [0.25, 0.3) is 0 Å². The van der Waals surface area contributed by atoms with Gasteiger partial charge in [0.15, 0.2) is 0 Å². The quantitative estimate of drug-likeness (QED) is 0.717. The average Bonchev–Trinajstić information content (AvgIpc) is 2.54. The third-order valence-corrected chi connectivity index (χ3v) is 4.72. The molecule has 1 aliphatic rings. The summed E-state index contributed by atoms with van der Waals surface area (Å²) in [6.07, 6.45) is 0.972. The van der Waals surface area contributed by atoms with Crippen LogP contribution < -0.4 is 4.74 Å². The van der Waals surface area contributed by atoms with Crippen molar-refractivity contribution in [2.24, 2.45) is 0 Å². The fraction of sp³-hybridized carbons (Fsp3) is 0.294. The van der Waals surface area contributed by atoms with Crippen LogP contribution in [0.25, 0.3) is 0 Å². The monoisotopic (exact) mass is 366 g/mol. The Balaban J connectivity index is 1.71. The molecule has 1 aliphatic heterocycles. The number of rotatable bonds is 4. The van der Waals surface area contributed by atoms with Crippen LogP contribution in [0.3, 0.4) is 0 Å². The number of hydrogen-bond acceptors (Lipinski definition) is 2. The second-order valence-corrected chi connectivity index (χ2v) is 6.13. The number of hydrogen-bond donors (Lipinski definition) is 0. The highest BCUT2D eigenvalue weighted by Crippen LogP contribution is 2.29. The van der Waals surface area contributed by atoms with E-state index in [1.807, 2.05) is 24.3 Å². The Morgan fingerprint density at radius 3 is 2.95 bits per heavy atom. The minimum atomic E-state index is -0.00181. The van der Waals surface area contributed by atoms with Crippen molar-refractivity contribution in [3.05, 3.63) is 63.6 Å². The summed E-state index contributed by atoms with van der Waals surface area (Å²) >= 11 is 9.38. The largest absolute Gasteiger partial charge is 0.491 e. The van der Waals surface area contributed by atoms with Crippen LogP contribution in [0.4, 0.5) is 0 Å². The van der Waals surface area contributed by atoms with Gasteiger partial charge in [-0.1, -0.05) is 40.2 Å². The van der Waals surface area contributed by atoms with Crippen molar-refractivity contribution >= 4 is 27.5 Å². The highest BCUT2D eigenvalue weighted by molar-refractivity contribution is 9.10. The molecule has 1 heterocycles. The first-order valence-electron chi connectivity index (χ1n) is 6.94. The maximum Gasteiger partial charge on any atom is 0.119 e. The van der Waals surface area contributed by atoms with E-state index in [0.717, 1.165) is 28.8 Å². The van der Waals surface area contributed by atoms with Crippen molar-refractivity contribution in [1.82, 2.24) is 0 Å².